The Morgan fingerprint density at radius 3 is 2.52 bits per heavy atom. The molecule has 2 rings (SSSR count). The van der Waals surface area contributed by atoms with E-state index in [0.717, 1.165) is 11.3 Å². The Kier molecular flexibility index (Phi) is 7.19. The van der Waals surface area contributed by atoms with Gasteiger partial charge in [-0.2, -0.15) is 0 Å². The van der Waals surface area contributed by atoms with Crippen LogP contribution in [0.25, 0.3) is 0 Å². The SMILES string of the molecule is COc1ccc(CNC(=O)C(C)SCc2cccc(C)c2)cc1OC. The number of aryl methyl sites for hydroxylation is 1. The summed E-state index contributed by atoms with van der Waals surface area (Å²) in [5.41, 5.74) is 3.45. The number of hydrogen-bond acceptors (Lipinski definition) is 4. The van der Waals surface area contributed by atoms with Crippen LogP contribution < -0.4 is 14.8 Å². The van der Waals surface area contributed by atoms with E-state index >= 15 is 0 Å². The lowest BCUT2D eigenvalue weighted by molar-refractivity contribution is -0.120. The van der Waals surface area contributed by atoms with Crippen LogP contribution in [0.5, 0.6) is 11.5 Å². The van der Waals surface area contributed by atoms with Gasteiger partial charge in [0.1, 0.15) is 0 Å². The third kappa shape index (κ3) is 5.71. The molecule has 1 unspecified atom stereocenters. The van der Waals surface area contributed by atoms with Gasteiger partial charge < -0.3 is 14.8 Å². The Balaban J connectivity index is 1.85. The summed E-state index contributed by atoms with van der Waals surface area (Å²) in [6, 6.07) is 14.0. The molecule has 0 saturated carbocycles. The number of carbonyl (C=O) groups excluding carboxylic acids is 1. The molecule has 0 aliphatic rings. The van der Waals surface area contributed by atoms with Crippen molar-refractivity contribution in [2.24, 2.45) is 0 Å². The monoisotopic (exact) mass is 359 g/mol. The second-order valence-electron chi connectivity index (χ2n) is 5.85. The molecule has 0 aliphatic carbocycles. The largest absolute Gasteiger partial charge is 0.493 e. The average Bonchev–Trinajstić information content (AvgIpc) is 2.63. The zero-order chi connectivity index (χ0) is 18.2. The molecular formula is C20H25NO3S. The second-order valence-corrected chi connectivity index (χ2v) is 7.18. The van der Waals surface area contributed by atoms with Crippen molar-refractivity contribution >= 4 is 17.7 Å². The summed E-state index contributed by atoms with van der Waals surface area (Å²) in [6.45, 7) is 4.48. The first-order valence-corrected chi connectivity index (χ1v) is 9.24. The molecule has 0 saturated heterocycles. The molecule has 0 fully saturated rings. The van der Waals surface area contributed by atoms with Crippen molar-refractivity contribution < 1.29 is 14.3 Å². The zero-order valence-electron chi connectivity index (χ0n) is 15.2. The molecule has 1 amide bonds. The maximum atomic E-state index is 12.3. The molecule has 1 N–H and O–H groups in total. The first-order chi connectivity index (χ1) is 12.0. The molecule has 1 atom stereocenters. The van der Waals surface area contributed by atoms with Crippen LogP contribution in [0.4, 0.5) is 0 Å². The topological polar surface area (TPSA) is 47.6 Å². The quantitative estimate of drug-likeness (QED) is 0.775. The normalized spacial score (nSPS) is 11.7. The molecule has 4 nitrogen and oxygen atoms in total. The second kappa shape index (κ2) is 9.37. The molecule has 25 heavy (non-hydrogen) atoms. The highest BCUT2D eigenvalue weighted by Gasteiger charge is 2.13. The van der Waals surface area contributed by atoms with Crippen LogP contribution in [-0.4, -0.2) is 25.4 Å². The van der Waals surface area contributed by atoms with Crippen molar-refractivity contribution in [1.29, 1.82) is 0 Å². The van der Waals surface area contributed by atoms with Gasteiger partial charge in [-0.25, -0.2) is 0 Å². The van der Waals surface area contributed by atoms with Crippen LogP contribution in [0.3, 0.4) is 0 Å². The van der Waals surface area contributed by atoms with E-state index in [0.29, 0.717) is 18.0 Å². The van der Waals surface area contributed by atoms with Crippen LogP contribution in [0.1, 0.15) is 23.6 Å². The molecule has 0 heterocycles. The molecule has 0 bridgehead atoms. The van der Waals surface area contributed by atoms with Crippen molar-refractivity contribution in [2.75, 3.05) is 14.2 Å². The Morgan fingerprint density at radius 2 is 1.84 bits per heavy atom. The molecule has 0 aromatic heterocycles. The van der Waals surface area contributed by atoms with E-state index in [1.807, 2.05) is 31.2 Å². The summed E-state index contributed by atoms with van der Waals surface area (Å²) in [5.74, 6) is 2.20. The third-order valence-corrected chi connectivity index (χ3v) is 5.08. The maximum Gasteiger partial charge on any atom is 0.233 e. The van der Waals surface area contributed by atoms with Gasteiger partial charge in [-0.05, 0) is 37.1 Å². The molecule has 0 radical (unpaired) electrons. The highest BCUT2D eigenvalue weighted by molar-refractivity contribution is 7.99. The minimum Gasteiger partial charge on any atom is -0.493 e. The number of ether oxygens (including phenoxy) is 2. The predicted molar refractivity (Wildman–Crippen MR) is 103 cm³/mol. The number of nitrogens with one attached hydrogen (secondary N) is 1. The van der Waals surface area contributed by atoms with Gasteiger partial charge in [-0.1, -0.05) is 35.9 Å². The summed E-state index contributed by atoms with van der Waals surface area (Å²) in [6.07, 6.45) is 0. The van der Waals surface area contributed by atoms with E-state index in [9.17, 15) is 4.79 Å². The summed E-state index contributed by atoms with van der Waals surface area (Å²) in [7, 11) is 3.21. The van der Waals surface area contributed by atoms with Crippen LogP contribution in [-0.2, 0) is 17.1 Å². The van der Waals surface area contributed by atoms with Crippen LogP contribution in [0, 0.1) is 6.92 Å². The standard InChI is InChI=1S/C20H25NO3S/c1-14-6-5-7-17(10-14)13-25-15(2)20(22)21-12-16-8-9-18(23-3)19(11-16)24-4/h5-11,15H,12-13H2,1-4H3,(H,21,22). The Labute approximate surface area is 153 Å². The smallest absolute Gasteiger partial charge is 0.233 e. The van der Waals surface area contributed by atoms with Gasteiger partial charge in [-0.3, -0.25) is 4.79 Å². The first-order valence-electron chi connectivity index (χ1n) is 8.19. The minimum absolute atomic E-state index is 0.0347. The van der Waals surface area contributed by atoms with E-state index in [4.69, 9.17) is 9.47 Å². The van der Waals surface area contributed by atoms with Crippen LogP contribution >= 0.6 is 11.8 Å². The maximum absolute atomic E-state index is 12.3. The Hall–Kier alpha value is -2.14. The lowest BCUT2D eigenvalue weighted by Gasteiger charge is -2.13. The number of methoxy groups -OCH3 is 2. The van der Waals surface area contributed by atoms with E-state index in [2.05, 4.69) is 30.4 Å². The Morgan fingerprint density at radius 1 is 1.08 bits per heavy atom. The molecule has 2 aromatic rings. The molecule has 2 aromatic carbocycles. The van der Waals surface area contributed by atoms with Gasteiger partial charge in [0, 0.05) is 12.3 Å². The number of thioether (sulfide) groups is 1. The lowest BCUT2D eigenvalue weighted by atomic mass is 10.2. The lowest BCUT2D eigenvalue weighted by Crippen LogP contribution is -2.30. The van der Waals surface area contributed by atoms with Crippen molar-refractivity contribution in [3.05, 3.63) is 59.2 Å². The Bertz CT molecular complexity index is 718. The number of amides is 1. The van der Waals surface area contributed by atoms with Gasteiger partial charge in [0.25, 0.3) is 0 Å². The number of rotatable bonds is 8. The van der Waals surface area contributed by atoms with E-state index in [1.54, 1.807) is 26.0 Å². The van der Waals surface area contributed by atoms with E-state index < -0.39 is 0 Å². The van der Waals surface area contributed by atoms with E-state index in [-0.39, 0.29) is 11.2 Å². The zero-order valence-corrected chi connectivity index (χ0v) is 16.0. The molecule has 5 heteroatoms. The summed E-state index contributed by atoms with van der Waals surface area (Å²) in [5, 5.41) is 2.87. The molecule has 0 spiro atoms. The average molecular weight is 359 g/mol. The number of benzene rings is 2. The van der Waals surface area contributed by atoms with Gasteiger partial charge in [0.2, 0.25) is 5.91 Å². The van der Waals surface area contributed by atoms with Crippen LogP contribution in [0.2, 0.25) is 0 Å². The van der Waals surface area contributed by atoms with Crippen molar-refractivity contribution in [1.82, 2.24) is 5.32 Å². The van der Waals surface area contributed by atoms with Crippen LogP contribution in [0.15, 0.2) is 42.5 Å². The fourth-order valence-corrected chi connectivity index (χ4v) is 3.28. The molecule has 134 valence electrons. The molecular weight excluding hydrogens is 334 g/mol. The highest BCUT2D eigenvalue weighted by atomic mass is 32.2. The van der Waals surface area contributed by atoms with Gasteiger partial charge >= 0.3 is 0 Å². The first kappa shape index (κ1) is 19.2. The number of carbonyl (C=O) groups is 1. The third-order valence-electron chi connectivity index (χ3n) is 3.87. The summed E-state index contributed by atoms with van der Waals surface area (Å²) >= 11 is 1.64. The van der Waals surface area contributed by atoms with Crippen molar-refractivity contribution in [3.63, 3.8) is 0 Å². The fraction of sp³-hybridized carbons (Fsp3) is 0.350. The summed E-state index contributed by atoms with van der Waals surface area (Å²) < 4.78 is 10.5. The van der Waals surface area contributed by atoms with Gasteiger partial charge in [0.05, 0.1) is 19.5 Å². The fourth-order valence-electron chi connectivity index (χ4n) is 2.42. The number of hydrogen-bond donors (Lipinski definition) is 1. The van der Waals surface area contributed by atoms with Gasteiger partial charge in [-0.15, -0.1) is 11.8 Å². The summed E-state index contributed by atoms with van der Waals surface area (Å²) in [4.78, 5) is 12.3. The highest BCUT2D eigenvalue weighted by Crippen LogP contribution is 2.27. The van der Waals surface area contributed by atoms with E-state index in [1.165, 1.54) is 11.1 Å². The molecule has 0 aliphatic heterocycles. The van der Waals surface area contributed by atoms with Crippen molar-refractivity contribution in [3.8, 4) is 11.5 Å². The predicted octanol–water partition coefficient (Wildman–Crippen LogP) is 3.95. The van der Waals surface area contributed by atoms with Gasteiger partial charge in [0.15, 0.2) is 11.5 Å². The van der Waals surface area contributed by atoms with Crippen molar-refractivity contribution in [2.45, 2.75) is 31.4 Å². The minimum atomic E-state index is -0.111.